The summed E-state index contributed by atoms with van der Waals surface area (Å²) in [6.45, 7) is 6.08. The van der Waals surface area contributed by atoms with Gasteiger partial charge in [0.05, 0.1) is 0 Å². The number of carbonyl (C=O) groups excluding carboxylic acids is 1. The fraction of sp³-hybridized carbons (Fsp3) is 0.562. The van der Waals surface area contributed by atoms with Gasteiger partial charge in [-0.05, 0) is 56.3 Å². The molecule has 1 aliphatic rings. The second-order valence-corrected chi connectivity index (χ2v) is 5.84. The number of anilines is 1. The maximum Gasteiger partial charge on any atom is 0.224 e. The lowest BCUT2D eigenvalue weighted by molar-refractivity contribution is -0.117. The van der Waals surface area contributed by atoms with Crippen LogP contribution in [0.4, 0.5) is 5.69 Å². The van der Waals surface area contributed by atoms with Crippen LogP contribution in [0, 0.1) is 18.8 Å². The summed E-state index contributed by atoms with van der Waals surface area (Å²) >= 11 is 0. The van der Waals surface area contributed by atoms with Crippen LogP contribution in [-0.4, -0.2) is 24.1 Å². The number of piperidine rings is 1. The summed E-state index contributed by atoms with van der Waals surface area (Å²) in [4.78, 5) is 12.0. The number of hydrogen-bond donors (Lipinski definition) is 3. The predicted molar refractivity (Wildman–Crippen MR) is 80.8 cm³/mol. The van der Waals surface area contributed by atoms with Crippen LogP contribution in [0.2, 0.25) is 0 Å². The largest absolute Gasteiger partial charge is 0.508 e. The zero-order valence-corrected chi connectivity index (χ0v) is 12.3. The van der Waals surface area contributed by atoms with Gasteiger partial charge in [0.25, 0.3) is 0 Å². The van der Waals surface area contributed by atoms with Crippen LogP contribution in [0.3, 0.4) is 0 Å². The predicted octanol–water partition coefficient (Wildman–Crippen LogP) is 2.66. The Morgan fingerprint density at radius 2 is 2.35 bits per heavy atom. The normalized spacial score (nSPS) is 20.4. The molecule has 1 fully saturated rings. The molecule has 1 aromatic carbocycles. The minimum absolute atomic E-state index is 0.0197. The lowest BCUT2D eigenvalue weighted by Gasteiger charge is -2.28. The highest BCUT2D eigenvalue weighted by Crippen LogP contribution is 2.24. The number of phenolic OH excluding ortho intramolecular Hbond substituents is 1. The first-order valence-electron chi connectivity index (χ1n) is 7.36. The molecule has 0 aliphatic carbocycles. The minimum atomic E-state index is 0.0197. The highest BCUT2D eigenvalue weighted by molar-refractivity contribution is 5.91. The molecule has 1 aromatic rings. The van der Waals surface area contributed by atoms with Crippen molar-refractivity contribution < 1.29 is 9.90 Å². The van der Waals surface area contributed by atoms with Crippen molar-refractivity contribution in [2.24, 2.45) is 11.8 Å². The molecule has 0 bridgehead atoms. The van der Waals surface area contributed by atoms with Crippen molar-refractivity contribution in [1.82, 2.24) is 5.32 Å². The van der Waals surface area contributed by atoms with E-state index in [2.05, 4.69) is 17.6 Å². The van der Waals surface area contributed by atoms with E-state index in [4.69, 9.17) is 0 Å². The van der Waals surface area contributed by atoms with Gasteiger partial charge in [-0.2, -0.15) is 0 Å². The first-order valence-corrected chi connectivity index (χ1v) is 7.36. The third kappa shape index (κ3) is 3.97. The average molecular weight is 276 g/mol. The molecular formula is C16H24N2O2. The molecule has 1 aliphatic heterocycles. The molecule has 2 atom stereocenters. The van der Waals surface area contributed by atoms with Crippen LogP contribution in [0.1, 0.15) is 31.7 Å². The molecule has 1 amide bonds. The van der Waals surface area contributed by atoms with E-state index < -0.39 is 0 Å². The molecule has 3 N–H and O–H groups in total. The van der Waals surface area contributed by atoms with Gasteiger partial charge in [-0.1, -0.05) is 13.0 Å². The molecule has 1 heterocycles. The summed E-state index contributed by atoms with van der Waals surface area (Å²) in [7, 11) is 0. The average Bonchev–Trinajstić information content (AvgIpc) is 2.44. The topological polar surface area (TPSA) is 61.4 Å². The lowest BCUT2D eigenvalue weighted by atomic mass is 9.85. The molecule has 20 heavy (non-hydrogen) atoms. The monoisotopic (exact) mass is 276 g/mol. The van der Waals surface area contributed by atoms with E-state index in [-0.39, 0.29) is 11.7 Å². The number of aromatic hydroxyl groups is 1. The van der Waals surface area contributed by atoms with Crippen molar-refractivity contribution >= 4 is 11.6 Å². The molecule has 0 saturated carbocycles. The van der Waals surface area contributed by atoms with Crippen molar-refractivity contribution in [3.63, 3.8) is 0 Å². The third-order valence-electron chi connectivity index (χ3n) is 4.14. The van der Waals surface area contributed by atoms with Crippen LogP contribution in [0.25, 0.3) is 0 Å². The van der Waals surface area contributed by atoms with E-state index in [0.717, 1.165) is 18.7 Å². The molecule has 0 spiro atoms. The zero-order chi connectivity index (χ0) is 14.5. The maximum atomic E-state index is 12.0. The quantitative estimate of drug-likeness (QED) is 0.792. The number of hydrogen-bond acceptors (Lipinski definition) is 3. The van der Waals surface area contributed by atoms with Crippen LogP contribution in [0.15, 0.2) is 18.2 Å². The summed E-state index contributed by atoms with van der Waals surface area (Å²) in [6.07, 6.45) is 2.93. The molecule has 1 saturated heterocycles. The van der Waals surface area contributed by atoms with Gasteiger partial charge in [0, 0.05) is 18.2 Å². The molecule has 2 unspecified atom stereocenters. The number of amides is 1. The van der Waals surface area contributed by atoms with Crippen LogP contribution < -0.4 is 10.6 Å². The van der Waals surface area contributed by atoms with E-state index in [1.807, 2.05) is 13.0 Å². The summed E-state index contributed by atoms with van der Waals surface area (Å²) in [5.74, 6) is 1.20. The van der Waals surface area contributed by atoms with Crippen molar-refractivity contribution in [2.75, 3.05) is 18.4 Å². The summed E-state index contributed by atoms with van der Waals surface area (Å²) < 4.78 is 0. The van der Waals surface area contributed by atoms with E-state index in [1.165, 1.54) is 12.8 Å². The minimum Gasteiger partial charge on any atom is -0.508 e. The number of rotatable bonds is 4. The van der Waals surface area contributed by atoms with Crippen LogP contribution in [-0.2, 0) is 4.79 Å². The Labute approximate surface area is 120 Å². The number of carbonyl (C=O) groups is 1. The summed E-state index contributed by atoms with van der Waals surface area (Å²) in [5.41, 5.74) is 1.47. The first-order chi connectivity index (χ1) is 9.56. The van der Waals surface area contributed by atoms with Crippen molar-refractivity contribution in [3.8, 4) is 5.75 Å². The highest BCUT2D eigenvalue weighted by atomic mass is 16.3. The Morgan fingerprint density at radius 3 is 3.00 bits per heavy atom. The Hall–Kier alpha value is -1.55. The fourth-order valence-corrected chi connectivity index (χ4v) is 2.72. The molecule has 4 heteroatoms. The van der Waals surface area contributed by atoms with Gasteiger partial charge < -0.3 is 15.7 Å². The van der Waals surface area contributed by atoms with Gasteiger partial charge in [0.15, 0.2) is 0 Å². The number of aryl methyl sites for hydroxylation is 1. The van der Waals surface area contributed by atoms with Gasteiger partial charge in [-0.15, -0.1) is 0 Å². The summed E-state index contributed by atoms with van der Waals surface area (Å²) in [5, 5.41) is 15.9. The van der Waals surface area contributed by atoms with Crippen LogP contribution in [0.5, 0.6) is 5.75 Å². The first kappa shape index (κ1) is 14.9. The second-order valence-electron chi connectivity index (χ2n) is 5.84. The number of nitrogens with one attached hydrogen (secondary N) is 2. The smallest absolute Gasteiger partial charge is 0.224 e. The van der Waals surface area contributed by atoms with Crippen molar-refractivity contribution in [3.05, 3.63) is 23.8 Å². The van der Waals surface area contributed by atoms with Gasteiger partial charge in [-0.3, -0.25) is 4.79 Å². The van der Waals surface area contributed by atoms with Gasteiger partial charge in [0.1, 0.15) is 5.75 Å². The molecule has 4 nitrogen and oxygen atoms in total. The Kier molecular flexibility index (Phi) is 5.01. The molecule has 0 radical (unpaired) electrons. The summed E-state index contributed by atoms with van der Waals surface area (Å²) in [6, 6.07) is 5.22. The molecule has 2 rings (SSSR count). The Bertz CT molecular complexity index is 468. The second kappa shape index (κ2) is 6.75. The lowest BCUT2D eigenvalue weighted by Crippen LogP contribution is -2.34. The van der Waals surface area contributed by atoms with Crippen molar-refractivity contribution in [2.45, 2.75) is 33.1 Å². The SMILES string of the molecule is Cc1ccc(NC(=O)CC(C)C2CCCNC2)cc1O. The van der Waals surface area contributed by atoms with Gasteiger partial charge >= 0.3 is 0 Å². The van der Waals surface area contributed by atoms with Gasteiger partial charge in [0.2, 0.25) is 5.91 Å². The van der Waals surface area contributed by atoms with E-state index >= 15 is 0 Å². The number of phenols is 1. The molecular weight excluding hydrogens is 252 g/mol. The molecule has 110 valence electrons. The van der Waals surface area contributed by atoms with Crippen molar-refractivity contribution in [1.29, 1.82) is 0 Å². The third-order valence-corrected chi connectivity index (χ3v) is 4.14. The van der Waals surface area contributed by atoms with Crippen LogP contribution >= 0.6 is 0 Å². The molecule has 0 aromatic heterocycles. The Balaban J connectivity index is 1.86. The highest BCUT2D eigenvalue weighted by Gasteiger charge is 2.22. The zero-order valence-electron chi connectivity index (χ0n) is 12.3. The van der Waals surface area contributed by atoms with E-state index in [0.29, 0.717) is 23.9 Å². The van der Waals surface area contributed by atoms with Gasteiger partial charge in [-0.25, -0.2) is 0 Å². The Morgan fingerprint density at radius 1 is 1.55 bits per heavy atom. The maximum absolute atomic E-state index is 12.0. The standard InChI is InChI=1S/C16H24N2O2/c1-11-5-6-14(9-15(11)19)18-16(20)8-12(2)13-4-3-7-17-10-13/h5-6,9,12-13,17,19H,3-4,7-8,10H2,1-2H3,(H,18,20). The number of benzene rings is 1. The van der Waals surface area contributed by atoms with E-state index in [9.17, 15) is 9.90 Å². The fourth-order valence-electron chi connectivity index (χ4n) is 2.72. The van der Waals surface area contributed by atoms with E-state index in [1.54, 1.807) is 12.1 Å².